The van der Waals surface area contributed by atoms with Crippen LogP contribution in [0.15, 0.2) is 0 Å². The molecule has 0 saturated carbocycles. The quantitative estimate of drug-likeness (QED) is 0.694. The molecule has 0 aromatic carbocycles. The minimum Gasteiger partial charge on any atom is -0.410 e. The summed E-state index contributed by atoms with van der Waals surface area (Å²) in [6.07, 6.45) is -0.343. The van der Waals surface area contributed by atoms with Crippen molar-refractivity contribution < 1.29 is 18.0 Å². The van der Waals surface area contributed by atoms with Gasteiger partial charge in [0.2, 0.25) is 0 Å². The van der Waals surface area contributed by atoms with E-state index in [9.17, 15) is 0 Å². The van der Waals surface area contributed by atoms with Crippen LogP contribution in [0.25, 0.3) is 0 Å². The molecule has 4 nitrogen and oxygen atoms in total. The summed E-state index contributed by atoms with van der Waals surface area (Å²) in [5.41, 5.74) is 0. The zero-order valence-corrected chi connectivity index (χ0v) is 17.6. The first-order chi connectivity index (χ1) is 8.77. The molecular formula is C13H32O4Si3. The fraction of sp³-hybridized carbons (Fsp3) is 1.00. The topological polar surface area (TPSA) is 36.9 Å². The molecule has 0 bridgehead atoms. The van der Waals surface area contributed by atoms with Crippen molar-refractivity contribution in [2.75, 3.05) is 6.61 Å². The highest BCUT2D eigenvalue weighted by Crippen LogP contribution is 2.29. The molecule has 1 aliphatic heterocycles. The van der Waals surface area contributed by atoms with Crippen LogP contribution in [0.3, 0.4) is 0 Å². The van der Waals surface area contributed by atoms with Crippen LogP contribution in [0.1, 0.15) is 0 Å². The maximum Gasteiger partial charge on any atom is 0.187 e. The lowest BCUT2D eigenvalue weighted by Crippen LogP contribution is -2.48. The zero-order chi connectivity index (χ0) is 15.8. The van der Waals surface area contributed by atoms with Crippen LogP contribution in [0.5, 0.6) is 0 Å². The largest absolute Gasteiger partial charge is 0.410 e. The summed E-state index contributed by atoms with van der Waals surface area (Å²) in [7, 11) is -4.94. The summed E-state index contributed by atoms with van der Waals surface area (Å²) in [5.74, 6) is 0. The van der Waals surface area contributed by atoms with Crippen LogP contribution in [-0.4, -0.2) is 50.1 Å². The molecule has 0 spiro atoms. The van der Waals surface area contributed by atoms with Gasteiger partial charge in [0.05, 0.1) is 12.7 Å². The van der Waals surface area contributed by atoms with Crippen molar-refractivity contribution in [2.45, 2.75) is 77.4 Å². The third-order valence-corrected chi connectivity index (χ3v) is 5.45. The van der Waals surface area contributed by atoms with E-state index in [2.05, 4.69) is 58.9 Å². The molecule has 7 heteroatoms. The molecule has 1 aliphatic rings. The number of rotatable bonds is 6. The molecule has 1 fully saturated rings. The van der Waals surface area contributed by atoms with E-state index in [-0.39, 0.29) is 18.5 Å². The predicted molar refractivity (Wildman–Crippen MR) is 90.6 cm³/mol. The average molecular weight is 337 g/mol. The van der Waals surface area contributed by atoms with Crippen molar-refractivity contribution in [1.29, 1.82) is 0 Å². The Morgan fingerprint density at radius 3 is 1.55 bits per heavy atom. The SMILES string of the molecule is C[Si](C)(C)OC1COC(O[Si](C)(C)C)C1O[Si](C)(C)C. The van der Waals surface area contributed by atoms with Gasteiger partial charge < -0.3 is 18.0 Å². The minimum atomic E-state index is -1.67. The molecule has 120 valence electrons. The fourth-order valence-corrected chi connectivity index (χ4v) is 5.19. The Kier molecular flexibility index (Phi) is 5.85. The van der Waals surface area contributed by atoms with Gasteiger partial charge in [-0.2, -0.15) is 0 Å². The molecule has 1 heterocycles. The maximum atomic E-state index is 6.32. The van der Waals surface area contributed by atoms with E-state index in [4.69, 9.17) is 18.0 Å². The zero-order valence-electron chi connectivity index (χ0n) is 14.6. The van der Waals surface area contributed by atoms with Crippen molar-refractivity contribution in [1.82, 2.24) is 0 Å². The van der Waals surface area contributed by atoms with Crippen LogP contribution in [-0.2, 0) is 18.0 Å². The van der Waals surface area contributed by atoms with Crippen LogP contribution < -0.4 is 0 Å². The van der Waals surface area contributed by atoms with Gasteiger partial charge in [0.25, 0.3) is 0 Å². The van der Waals surface area contributed by atoms with Gasteiger partial charge in [0.1, 0.15) is 6.10 Å². The molecule has 1 rings (SSSR count). The summed E-state index contributed by atoms with van der Waals surface area (Å²) >= 11 is 0. The fourth-order valence-electron chi connectivity index (χ4n) is 2.10. The first kappa shape index (κ1) is 18.5. The lowest BCUT2D eigenvalue weighted by atomic mass is 10.2. The highest BCUT2D eigenvalue weighted by Gasteiger charge is 2.45. The van der Waals surface area contributed by atoms with Gasteiger partial charge in [-0.3, -0.25) is 0 Å². The molecule has 0 aromatic rings. The third-order valence-electron chi connectivity index (χ3n) is 2.52. The second-order valence-corrected chi connectivity index (χ2v) is 21.8. The smallest absolute Gasteiger partial charge is 0.187 e. The van der Waals surface area contributed by atoms with Crippen molar-refractivity contribution in [3.63, 3.8) is 0 Å². The second-order valence-electron chi connectivity index (χ2n) is 8.40. The Hall–Kier alpha value is 0.491. The summed E-state index contributed by atoms with van der Waals surface area (Å²) < 4.78 is 24.6. The summed E-state index contributed by atoms with van der Waals surface area (Å²) in [6.45, 7) is 20.3. The van der Waals surface area contributed by atoms with Gasteiger partial charge in [0.15, 0.2) is 31.2 Å². The summed E-state index contributed by atoms with van der Waals surface area (Å²) in [4.78, 5) is 0. The van der Waals surface area contributed by atoms with Crippen LogP contribution >= 0.6 is 0 Å². The molecule has 0 amide bonds. The lowest BCUT2D eigenvalue weighted by molar-refractivity contribution is -0.0922. The lowest BCUT2D eigenvalue weighted by Gasteiger charge is -2.34. The predicted octanol–water partition coefficient (Wildman–Crippen LogP) is 3.63. The molecule has 20 heavy (non-hydrogen) atoms. The average Bonchev–Trinajstić information content (AvgIpc) is 2.42. The number of ether oxygens (including phenoxy) is 1. The van der Waals surface area contributed by atoms with Gasteiger partial charge in [-0.25, -0.2) is 0 Å². The van der Waals surface area contributed by atoms with Crippen LogP contribution in [0.2, 0.25) is 58.9 Å². The Morgan fingerprint density at radius 2 is 1.15 bits per heavy atom. The Balaban J connectivity index is 2.81. The van der Waals surface area contributed by atoms with E-state index < -0.39 is 25.0 Å². The first-order valence-corrected chi connectivity index (χ1v) is 17.6. The molecule has 3 atom stereocenters. The van der Waals surface area contributed by atoms with Crippen LogP contribution in [0.4, 0.5) is 0 Å². The molecular weight excluding hydrogens is 304 g/mol. The molecule has 3 unspecified atom stereocenters. The highest BCUT2D eigenvalue weighted by molar-refractivity contribution is 6.70. The van der Waals surface area contributed by atoms with Crippen molar-refractivity contribution in [3.8, 4) is 0 Å². The molecule has 0 N–H and O–H groups in total. The molecule has 1 saturated heterocycles. The Labute approximate surface area is 127 Å². The van der Waals surface area contributed by atoms with Gasteiger partial charge >= 0.3 is 0 Å². The Bertz CT molecular complexity index is 293. The first-order valence-electron chi connectivity index (χ1n) is 7.42. The van der Waals surface area contributed by atoms with E-state index >= 15 is 0 Å². The van der Waals surface area contributed by atoms with Gasteiger partial charge in [-0.1, -0.05) is 0 Å². The second kappa shape index (κ2) is 6.31. The number of hydrogen-bond acceptors (Lipinski definition) is 4. The number of hydrogen-bond donors (Lipinski definition) is 0. The van der Waals surface area contributed by atoms with Crippen molar-refractivity contribution >= 4 is 25.0 Å². The molecule has 0 aromatic heterocycles. The van der Waals surface area contributed by atoms with E-state index in [1.165, 1.54) is 0 Å². The van der Waals surface area contributed by atoms with E-state index in [0.717, 1.165) is 0 Å². The molecule has 0 aliphatic carbocycles. The summed E-state index contributed by atoms with van der Waals surface area (Å²) in [6, 6.07) is 0. The third kappa shape index (κ3) is 6.97. The van der Waals surface area contributed by atoms with Gasteiger partial charge in [0, 0.05) is 0 Å². The monoisotopic (exact) mass is 336 g/mol. The van der Waals surface area contributed by atoms with E-state index in [0.29, 0.717) is 6.61 Å². The Morgan fingerprint density at radius 1 is 0.700 bits per heavy atom. The van der Waals surface area contributed by atoms with Crippen LogP contribution in [0, 0.1) is 0 Å². The molecule has 0 radical (unpaired) electrons. The van der Waals surface area contributed by atoms with Crippen molar-refractivity contribution in [3.05, 3.63) is 0 Å². The maximum absolute atomic E-state index is 6.32. The van der Waals surface area contributed by atoms with Gasteiger partial charge in [-0.15, -0.1) is 0 Å². The van der Waals surface area contributed by atoms with Crippen molar-refractivity contribution in [2.24, 2.45) is 0 Å². The van der Waals surface area contributed by atoms with E-state index in [1.54, 1.807) is 0 Å². The van der Waals surface area contributed by atoms with E-state index in [1.807, 2.05) is 0 Å². The highest BCUT2D eigenvalue weighted by atomic mass is 28.4. The summed E-state index contributed by atoms with van der Waals surface area (Å²) in [5, 5.41) is 0. The normalized spacial score (nSPS) is 28.9. The minimum absolute atomic E-state index is 0.00902. The standard InChI is InChI=1S/C13H32O4Si3/c1-18(2,3)15-11-10-14-13(17-20(7,8)9)12(11)16-19(4,5)6/h11-13H,10H2,1-9H3. The van der Waals surface area contributed by atoms with Gasteiger partial charge in [-0.05, 0) is 58.9 Å².